The van der Waals surface area contributed by atoms with Crippen LogP contribution in [0.25, 0.3) is 32.9 Å². The van der Waals surface area contributed by atoms with E-state index in [1.165, 1.54) is 0 Å². The van der Waals surface area contributed by atoms with E-state index in [4.69, 9.17) is 5.73 Å². The van der Waals surface area contributed by atoms with E-state index in [9.17, 15) is 5.11 Å². The maximum Gasteiger partial charge on any atom is 0.220 e. The van der Waals surface area contributed by atoms with Crippen molar-refractivity contribution in [3.05, 3.63) is 66.7 Å². The van der Waals surface area contributed by atoms with Crippen LogP contribution in [-0.2, 0) is 6.54 Å². The zero-order valence-corrected chi connectivity index (χ0v) is 13.5. The molecule has 0 bridgehead atoms. The van der Waals surface area contributed by atoms with Gasteiger partial charge in [-0.2, -0.15) is 4.57 Å². The number of hydrogen-bond acceptors (Lipinski definition) is 2. The summed E-state index contributed by atoms with van der Waals surface area (Å²) in [6, 6.07) is 21.9. The number of phenols is 1. The maximum atomic E-state index is 9.99. The van der Waals surface area contributed by atoms with Crippen LogP contribution >= 0.6 is 0 Å². The van der Waals surface area contributed by atoms with Gasteiger partial charge in [0.2, 0.25) is 11.2 Å². The largest absolute Gasteiger partial charge is 0.508 e. The Morgan fingerprint density at radius 3 is 2.38 bits per heavy atom. The van der Waals surface area contributed by atoms with E-state index < -0.39 is 0 Å². The highest BCUT2D eigenvalue weighted by molar-refractivity contribution is 6.09. The summed E-state index contributed by atoms with van der Waals surface area (Å²) >= 11 is 0. The number of aromatic nitrogens is 1. The average Bonchev–Trinajstić information content (AvgIpc) is 2.61. The predicted octanol–water partition coefficient (Wildman–Crippen LogP) is 4.26. The fourth-order valence-electron chi connectivity index (χ4n) is 3.47. The molecule has 0 saturated carbocycles. The van der Waals surface area contributed by atoms with Crippen molar-refractivity contribution in [2.75, 3.05) is 5.73 Å². The standard InChI is InChI=1S/C21H18N2O/c1-2-23-20-13-16(24)9-11-18(20)17-10-8-15(22)12-19(17)21(23)14-6-4-3-5-7-14/h3-13H,2,22H2,1H3/p+1. The summed E-state index contributed by atoms with van der Waals surface area (Å²) in [7, 11) is 0. The third-order valence-corrected chi connectivity index (χ3v) is 4.49. The molecule has 1 aromatic heterocycles. The normalized spacial score (nSPS) is 11.2. The van der Waals surface area contributed by atoms with Crippen molar-refractivity contribution in [2.24, 2.45) is 0 Å². The number of pyridine rings is 1. The maximum absolute atomic E-state index is 9.99. The molecule has 0 aliphatic heterocycles. The highest BCUT2D eigenvalue weighted by atomic mass is 16.3. The molecule has 0 aliphatic rings. The number of nitrogens with two attached hydrogens (primary N) is 1. The quantitative estimate of drug-likeness (QED) is 0.330. The summed E-state index contributed by atoms with van der Waals surface area (Å²) in [6.07, 6.45) is 0. The lowest BCUT2D eigenvalue weighted by molar-refractivity contribution is -0.655. The third-order valence-electron chi connectivity index (χ3n) is 4.49. The van der Waals surface area contributed by atoms with Gasteiger partial charge in [-0.1, -0.05) is 24.3 Å². The minimum atomic E-state index is 0.276. The second-order valence-electron chi connectivity index (χ2n) is 5.97. The fraction of sp³-hybridized carbons (Fsp3) is 0.0952. The molecular weight excluding hydrogens is 296 g/mol. The zero-order valence-electron chi connectivity index (χ0n) is 13.5. The Morgan fingerprint density at radius 1 is 0.875 bits per heavy atom. The predicted molar refractivity (Wildman–Crippen MR) is 98.8 cm³/mol. The first-order chi connectivity index (χ1) is 11.7. The number of anilines is 1. The number of aromatic hydroxyl groups is 1. The van der Waals surface area contributed by atoms with Crippen molar-refractivity contribution < 1.29 is 9.67 Å². The van der Waals surface area contributed by atoms with Gasteiger partial charge in [0.05, 0.1) is 16.8 Å². The minimum absolute atomic E-state index is 0.276. The highest BCUT2D eigenvalue weighted by Gasteiger charge is 2.22. The molecule has 0 aliphatic carbocycles. The van der Waals surface area contributed by atoms with E-state index in [1.807, 2.05) is 42.5 Å². The van der Waals surface area contributed by atoms with Crippen molar-refractivity contribution in [1.29, 1.82) is 0 Å². The van der Waals surface area contributed by atoms with Crippen molar-refractivity contribution in [3.63, 3.8) is 0 Å². The van der Waals surface area contributed by atoms with Crippen LogP contribution in [0.4, 0.5) is 5.69 Å². The molecule has 0 spiro atoms. The smallest absolute Gasteiger partial charge is 0.220 e. The SMILES string of the molecule is CC[n+]1c(-c2ccccc2)c2cc(N)ccc2c2ccc(O)cc21. The average molecular weight is 315 g/mol. The summed E-state index contributed by atoms with van der Waals surface area (Å²) in [6.45, 7) is 2.92. The van der Waals surface area contributed by atoms with Gasteiger partial charge in [-0.3, -0.25) is 0 Å². The Bertz CT molecular complexity index is 1060. The Kier molecular flexibility index (Phi) is 3.35. The van der Waals surface area contributed by atoms with Crippen molar-refractivity contribution >= 4 is 27.4 Å². The molecule has 0 atom stereocenters. The van der Waals surface area contributed by atoms with Gasteiger partial charge < -0.3 is 10.8 Å². The molecule has 3 heteroatoms. The van der Waals surface area contributed by atoms with E-state index in [0.29, 0.717) is 0 Å². The summed E-state index contributed by atoms with van der Waals surface area (Å²) < 4.78 is 2.24. The van der Waals surface area contributed by atoms with Crippen LogP contribution in [0.3, 0.4) is 0 Å². The first-order valence-corrected chi connectivity index (χ1v) is 8.12. The van der Waals surface area contributed by atoms with Crippen LogP contribution in [0, 0.1) is 0 Å². The molecule has 1 heterocycles. The van der Waals surface area contributed by atoms with Crippen molar-refractivity contribution in [1.82, 2.24) is 0 Å². The lowest BCUT2D eigenvalue weighted by Gasteiger charge is -2.12. The molecule has 4 aromatic rings. The summed E-state index contributed by atoms with van der Waals surface area (Å²) in [5, 5.41) is 13.4. The molecular formula is C21H19N2O+. The van der Waals surface area contributed by atoms with Gasteiger partial charge in [-0.05, 0) is 43.3 Å². The molecule has 0 saturated heterocycles. The second kappa shape index (κ2) is 5.53. The van der Waals surface area contributed by atoms with Crippen LogP contribution in [0.15, 0.2) is 66.7 Å². The van der Waals surface area contributed by atoms with Gasteiger partial charge in [0.15, 0.2) is 0 Å². The van der Waals surface area contributed by atoms with Crippen LogP contribution in [0.1, 0.15) is 6.92 Å². The topological polar surface area (TPSA) is 50.1 Å². The number of nitrogens with zero attached hydrogens (tertiary/aromatic N) is 1. The van der Waals surface area contributed by atoms with E-state index in [2.05, 4.69) is 29.7 Å². The monoisotopic (exact) mass is 315 g/mol. The molecule has 0 fully saturated rings. The number of rotatable bonds is 2. The zero-order chi connectivity index (χ0) is 16.7. The van der Waals surface area contributed by atoms with E-state index >= 15 is 0 Å². The van der Waals surface area contributed by atoms with E-state index in [0.717, 1.165) is 45.2 Å². The number of hydrogen-bond donors (Lipinski definition) is 2. The van der Waals surface area contributed by atoms with Crippen LogP contribution in [0.5, 0.6) is 5.75 Å². The molecule has 4 rings (SSSR count). The Morgan fingerprint density at radius 2 is 1.62 bits per heavy atom. The van der Waals surface area contributed by atoms with Gasteiger partial charge in [-0.15, -0.1) is 0 Å². The highest BCUT2D eigenvalue weighted by Crippen LogP contribution is 2.33. The second-order valence-corrected chi connectivity index (χ2v) is 5.97. The van der Waals surface area contributed by atoms with Crippen molar-refractivity contribution in [2.45, 2.75) is 13.5 Å². The van der Waals surface area contributed by atoms with Crippen molar-refractivity contribution in [3.8, 4) is 17.0 Å². The Balaban J connectivity index is 2.27. The van der Waals surface area contributed by atoms with Crippen LogP contribution < -0.4 is 10.3 Å². The molecule has 3 N–H and O–H groups in total. The molecule has 0 amide bonds. The number of aryl methyl sites for hydroxylation is 1. The summed E-state index contributed by atoms with van der Waals surface area (Å²) in [5.41, 5.74) is 10.1. The van der Waals surface area contributed by atoms with Gasteiger partial charge in [-0.25, -0.2) is 0 Å². The van der Waals surface area contributed by atoms with Crippen LogP contribution in [-0.4, -0.2) is 5.11 Å². The fourth-order valence-corrected chi connectivity index (χ4v) is 3.47. The minimum Gasteiger partial charge on any atom is -0.508 e. The number of phenolic OH excluding ortho intramolecular Hbond substituents is 1. The number of fused-ring (bicyclic) bond motifs is 3. The first-order valence-electron chi connectivity index (χ1n) is 8.12. The van der Waals surface area contributed by atoms with Gasteiger partial charge in [0.1, 0.15) is 12.3 Å². The molecule has 3 nitrogen and oxygen atoms in total. The van der Waals surface area contributed by atoms with E-state index in [1.54, 1.807) is 6.07 Å². The molecule has 3 aromatic carbocycles. The van der Waals surface area contributed by atoms with E-state index in [-0.39, 0.29) is 5.75 Å². The first kappa shape index (κ1) is 14.5. The Hall–Kier alpha value is -3.07. The summed E-state index contributed by atoms with van der Waals surface area (Å²) in [4.78, 5) is 0. The van der Waals surface area contributed by atoms with Gasteiger partial charge in [0.25, 0.3) is 0 Å². The lowest BCUT2D eigenvalue weighted by atomic mass is 9.98. The number of nitrogen functional groups attached to an aromatic ring is 1. The molecule has 118 valence electrons. The molecule has 0 unspecified atom stereocenters. The number of benzene rings is 3. The Labute approximate surface area is 140 Å². The lowest BCUT2D eigenvalue weighted by Crippen LogP contribution is -2.36. The molecule has 24 heavy (non-hydrogen) atoms. The van der Waals surface area contributed by atoms with Gasteiger partial charge in [0, 0.05) is 16.6 Å². The molecule has 0 radical (unpaired) electrons. The van der Waals surface area contributed by atoms with Crippen LogP contribution in [0.2, 0.25) is 0 Å². The van der Waals surface area contributed by atoms with Gasteiger partial charge >= 0.3 is 0 Å². The third kappa shape index (κ3) is 2.17. The summed E-state index contributed by atoms with van der Waals surface area (Å²) in [5.74, 6) is 0.276.